The van der Waals surface area contributed by atoms with Crippen molar-refractivity contribution < 1.29 is 28.4 Å². The average molecular weight is 388 g/mol. The zero-order valence-corrected chi connectivity index (χ0v) is 17.5. The molecule has 0 aliphatic heterocycles. The summed E-state index contributed by atoms with van der Waals surface area (Å²) in [4.78, 5) is 20.9. The Balaban J connectivity index is -0.000000304. The van der Waals surface area contributed by atoms with Gasteiger partial charge in [-0.1, -0.05) is 41.5 Å². The van der Waals surface area contributed by atoms with E-state index in [0.717, 1.165) is 6.08 Å². The van der Waals surface area contributed by atoms with Crippen molar-refractivity contribution in [3.8, 4) is 0 Å². The van der Waals surface area contributed by atoms with Gasteiger partial charge < -0.3 is 24.7 Å². The fourth-order valence-corrected chi connectivity index (χ4v) is 1.90. The number of hydrogen-bond acceptors (Lipinski definition) is 5. The molecule has 0 saturated heterocycles. The first-order valence-corrected chi connectivity index (χ1v) is 10.3. The van der Waals surface area contributed by atoms with Crippen molar-refractivity contribution in [3.63, 3.8) is 0 Å². The van der Waals surface area contributed by atoms with Gasteiger partial charge in [0.1, 0.15) is 5.83 Å². The summed E-state index contributed by atoms with van der Waals surface area (Å²) < 4.78 is 25.8. The summed E-state index contributed by atoms with van der Waals surface area (Å²) in [6, 6.07) is 0. The van der Waals surface area contributed by atoms with Gasteiger partial charge in [-0.25, -0.2) is 8.96 Å². The van der Waals surface area contributed by atoms with E-state index in [4.69, 9.17) is 14.9 Å². The molecular formula is C16H38FN2O5P. The Bertz CT molecular complexity index is 322. The minimum Gasteiger partial charge on any atom is -0.389 e. The predicted octanol–water partition coefficient (Wildman–Crippen LogP) is 2.64. The van der Waals surface area contributed by atoms with E-state index in [0.29, 0.717) is 0 Å². The van der Waals surface area contributed by atoms with Crippen LogP contribution in [0.25, 0.3) is 0 Å². The van der Waals surface area contributed by atoms with Crippen LogP contribution in [-0.4, -0.2) is 77.2 Å². The molecule has 0 aliphatic rings. The van der Waals surface area contributed by atoms with Crippen molar-refractivity contribution >= 4 is 7.82 Å². The molecular weight excluding hydrogens is 350 g/mol. The van der Waals surface area contributed by atoms with Crippen molar-refractivity contribution in [2.75, 3.05) is 52.5 Å². The largest absolute Gasteiger partial charge is 0.469 e. The number of halogens is 1. The Hall–Kier alpha value is -0.340. The van der Waals surface area contributed by atoms with E-state index in [1.165, 1.54) is 39.3 Å². The normalized spacial score (nSPS) is 11.8. The van der Waals surface area contributed by atoms with Crippen molar-refractivity contribution in [1.29, 1.82) is 0 Å². The van der Waals surface area contributed by atoms with Gasteiger partial charge in [0.25, 0.3) is 0 Å². The van der Waals surface area contributed by atoms with Gasteiger partial charge >= 0.3 is 7.82 Å². The van der Waals surface area contributed by atoms with E-state index in [2.05, 4.69) is 55.9 Å². The molecule has 0 aromatic heterocycles. The molecule has 0 saturated carbocycles. The Morgan fingerprint density at radius 2 is 1.24 bits per heavy atom. The highest BCUT2D eigenvalue weighted by atomic mass is 31.2. The summed E-state index contributed by atoms with van der Waals surface area (Å²) in [6.07, 6.45) is 0.735. The number of aliphatic hydroxyl groups excluding tert-OH is 1. The molecule has 0 radical (unpaired) electrons. The van der Waals surface area contributed by atoms with E-state index in [-0.39, 0.29) is 0 Å². The van der Waals surface area contributed by atoms with Crippen LogP contribution in [0.2, 0.25) is 0 Å². The molecule has 0 spiro atoms. The molecule has 9 heteroatoms. The van der Waals surface area contributed by atoms with Gasteiger partial charge in [-0.3, -0.25) is 4.52 Å². The van der Waals surface area contributed by atoms with E-state index in [9.17, 15) is 8.96 Å². The topological polar surface area (TPSA) is 93.5 Å². The van der Waals surface area contributed by atoms with Crippen molar-refractivity contribution in [3.05, 3.63) is 11.9 Å². The number of rotatable bonds is 10. The third-order valence-corrected chi connectivity index (χ3v) is 3.87. The molecule has 0 rings (SSSR count). The molecule has 154 valence electrons. The van der Waals surface area contributed by atoms with Gasteiger partial charge in [-0.15, -0.1) is 0 Å². The van der Waals surface area contributed by atoms with Crippen molar-refractivity contribution in [2.45, 2.75) is 41.5 Å². The SMILES string of the molecule is CCN(CC)CC.CCN(CC)CC.O=P(O)(O)OC/C=C(\F)CO. The van der Waals surface area contributed by atoms with Crippen LogP contribution in [0.1, 0.15) is 41.5 Å². The van der Waals surface area contributed by atoms with Gasteiger partial charge in [0, 0.05) is 0 Å². The van der Waals surface area contributed by atoms with Crippen LogP contribution in [0.5, 0.6) is 0 Å². The van der Waals surface area contributed by atoms with E-state index < -0.39 is 26.9 Å². The molecule has 0 fully saturated rings. The van der Waals surface area contributed by atoms with Gasteiger partial charge in [0.05, 0.1) is 13.2 Å². The third-order valence-electron chi connectivity index (χ3n) is 3.38. The molecule has 0 aromatic rings. The lowest BCUT2D eigenvalue weighted by molar-refractivity contribution is 0.213. The van der Waals surface area contributed by atoms with Crippen molar-refractivity contribution in [2.24, 2.45) is 0 Å². The first-order valence-electron chi connectivity index (χ1n) is 8.75. The summed E-state index contributed by atoms with van der Waals surface area (Å²) in [7, 11) is -4.53. The van der Waals surface area contributed by atoms with Gasteiger partial charge in [0.15, 0.2) is 0 Å². The molecule has 0 amide bonds. The predicted molar refractivity (Wildman–Crippen MR) is 101 cm³/mol. The summed E-state index contributed by atoms with van der Waals surface area (Å²) in [5.41, 5.74) is 0. The Morgan fingerprint density at radius 3 is 1.40 bits per heavy atom. The maximum Gasteiger partial charge on any atom is 0.469 e. The van der Waals surface area contributed by atoms with E-state index in [1.54, 1.807) is 0 Å². The number of nitrogens with zero attached hydrogens (tertiary/aromatic N) is 2. The lowest BCUT2D eigenvalue weighted by atomic mass is 10.5. The lowest BCUT2D eigenvalue weighted by Crippen LogP contribution is -2.21. The second-order valence-electron chi connectivity index (χ2n) is 4.83. The Kier molecular flexibility index (Phi) is 23.5. The lowest BCUT2D eigenvalue weighted by Gasteiger charge is -2.13. The standard InChI is InChI=1S/2C6H15N.C4H8FO5P/c2*1-4-7(5-2)6-3;5-4(3-6)1-2-10-11(7,8)9/h2*4-6H2,1-3H3;1,6H,2-3H2,(H2,7,8,9)/b;;4-1-. The highest BCUT2D eigenvalue weighted by Crippen LogP contribution is 2.35. The Morgan fingerprint density at radius 1 is 0.920 bits per heavy atom. The maximum absolute atomic E-state index is 12.0. The summed E-state index contributed by atoms with van der Waals surface area (Å²) in [5.74, 6) is -0.890. The molecule has 0 aliphatic carbocycles. The quantitative estimate of drug-likeness (QED) is 0.495. The smallest absolute Gasteiger partial charge is 0.389 e. The summed E-state index contributed by atoms with van der Waals surface area (Å²) in [6.45, 7) is 18.9. The minimum absolute atomic E-state index is 0.559. The highest BCUT2D eigenvalue weighted by molar-refractivity contribution is 7.46. The number of hydrogen-bond donors (Lipinski definition) is 3. The molecule has 0 bridgehead atoms. The second-order valence-corrected chi connectivity index (χ2v) is 6.07. The number of phosphoric ester groups is 1. The molecule has 0 unspecified atom stereocenters. The molecule has 0 heterocycles. The third kappa shape index (κ3) is 26.0. The molecule has 25 heavy (non-hydrogen) atoms. The van der Waals surface area contributed by atoms with Gasteiger partial charge in [-0.05, 0) is 45.3 Å². The van der Waals surface area contributed by atoms with Gasteiger partial charge in [-0.2, -0.15) is 0 Å². The van der Waals surface area contributed by atoms with E-state index in [1.807, 2.05) is 0 Å². The van der Waals surface area contributed by atoms with Crippen LogP contribution < -0.4 is 0 Å². The first-order chi connectivity index (χ1) is 11.6. The minimum atomic E-state index is -4.53. The molecule has 0 atom stereocenters. The van der Waals surface area contributed by atoms with Crippen LogP contribution in [0, 0.1) is 0 Å². The second kappa shape index (κ2) is 20.0. The van der Waals surface area contributed by atoms with Crippen LogP contribution in [-0.2, 0) is 9.09 Å². The average Bonchev–Trinajstić information content (AvgIpc) is 2.58. The zero-order valence-electron chi connectivity index (χ0n) is 16.6. The fourth-order valence-electron chi connectivity index (χ4n) is 1.63. The maximum atomic E-state index is 12.0. The van der Waals surface area contributed by atoms with Crippen LogP contribution >= 0.6 is 7.82 Å². The number of aliphatic hydroxyl groups is 1. The highest BCUT2D eigenvalue weighted by Gasteiger charge is 2.11. The molecule has 0 aromatic carbocycles. The Labute approximate surface area is 152 Å². The first kappa shape index (κ1) is 29.4. The van der Waals surface area contributed by atoms with Crippen LogP contribution in [0.15, 0.2) is 11.9 Å². The van der Waals surface area contributed by atoms with E-state index >= 15 is 0 Å². The number of phosphoric acid groups is 1. The van der Waals surface area contributed by atoms with Crippen molar-refractivity contribution in [1.82, 2.24) is 9.80 Å². The fraction of sp³-hybridized carbons (Fsp3) is 0.875. The van der Waals surface area contributed by atoms with Crippen LogP contribution in [0.3, 0.4) is 0 Å². The van der Waals surface area contributed by atoms with Gasteiger partial charge in [0.2, 0.25) is 0 Å². The summed E-state index contributed by atoms with van der Waals surface area (Å²) >= 11 is 0. The van der Waals surface area contributed by atoms with Crippen LogP contribution in [0.4, 0.5) is 4.39 Å². The monoisotopic (exact) mass is 388 g/mol. The zero-order chi connectivity index (χ0) is 20.3. The molecule has 7 nitrogen and oxygen atoms in total. The summed E-state index contributed by atoms with van der Waals surface area (Å²) in [5, 5.41) is 8.07. The molecule has 3 N–H and O–H groups in total.